The Morgan fingerprint density at radius 1 is 1.18 bits per heavy atom. The third-order valence-corrected chi connectivity index (χ3v) is 1.67. The number of alkyl halides is 2. The van der Waals surface area contributed by atoms with Crippen molar-refractivity contribution in [2.45, 2.75) is 25.3 Å². The average Bonchev–Trinajstić information content (AvgIpc) is 2.20. The van der Waals surface area contributed by atoms with Gasteiger partial charge in [-0.3, -0.25) is 4.79 Å². The minimum atomic E-state index is -2.75. The molecular weight excluding hydrogens is 242 g/mol. The predicted molar refractivity (Wildman–Crippen MR) is 50.8 cm³/mol. The van der Waals surface area contributed by atoms with Gasteiger partial charge in [-0.25, -0.2) is 18.4 Å². The lowest BCUT2D eigenvalue weighted by Crippen LogP contribution is -2.47. The molecule has 0 radical (unpaired) electrons. The summed E-state index contributed by atoms with van der Waals surface area (Å²) in [5.74, 6) is -2.65. The van der Waals surface area contributed by atoms with Gasteiger partial charge < -0.3 is 20.8 Å². The number of halogens is 2. The molecule has 0 spiro atoms. The van der Waals surface area contributed by atoms with Crippen LogP contribution in [0.1, 0.15) is 12.8 Å². The predicted octanol–water partition coefficient (Wildman–Crippen LogP) is -0.131. The van der Waals surface area contributed by atoms with Gasteiger partial charge in [0.25, 0.3) is 6.43 Å². The summed E-state index contributed by atoms with van der Waals surface area (Å²) < 4.78 is 23.4. The molecule has 0 fully saturated rings. The normalized spacial score (nSPS) is 11.9. The fourth-order valence-corrected chi connectivity index (χ4v) is 0.904. The van der Waals surface area contributed by atoms with Gasteiger partial charge in [0, 0.05) is 6.42 Å². The molecule has 0 aromatic heterocycles. The van der Waals surface area contributed by atoms with Crippen LogP contribution in [0.15, 0.2) is 0 Å². The number of amides is 2. The summed E-state index contributed by atoms with van der Waals surface area (Å²) in [5.41, 5.74) is 0. The average molecular weight is 254 g/mol. The van der Waals surface area contributed by atoms with E-state index in [9.17, 15) is 23.2 Å². The number of hydrogen-bond acceptors (Lipinski definition) is 3. The first kappa shape index (κ1) is 15.1. The van der Waals surface area contributed by atoms with Crippen molar-refractivity contribution in [1.29, 1.82) is 0 Å². The van der Waals surface area contributed by atoms with E-state index in [2.05, 4.69) is 0 Å². The van der Waals surface area contributed by atoms with Gasteiger partial charge in [0.15, 0.2) is 0 Å². The zero-order valence-electron chi connectivity index (χ0n) is 8.65. The molecule has 0 rings (SSSR count). The van der Waals surface area contributed by atoms with Gasteiger partial charge in [0.05, 0.1) is 6.54 Å². The highest BCUT2D eigenvalue weighted by molar-refractivity contribution is 5.82. The molecule has 98 valence electrons. The summed E-state index contributed by atoms with van der Waals surface area (Å²) in [6, 6.07) is -2.51. The molecular formula is C8H12F2N2O5. The van der Waals surface area contributed by atoms with E-state index in [4.69, 9.17) is 10.2 Å². The summed E-state index contributed by atoms with van der Waals surface area (Å²) in [5, 5.41) is 20.6. The maximum Gasteiger partial charge on any atom is 0.326 e. The van der Waals surface area contributed by atoms with Gasteiger partial charge >= 0.3 is 18.0 Å². The van der Waals surface area contributed by atoms with Crippen molar-refractivity contribution in [3.8, 4) is 0 Å². The molecule has 0 aliphatic heterocycles. The highest BCUT2D eigenvalue weighted by Crippen LogP contribution is 1.98. The number of hydrogen-bond donors (Lipinski definition) is 4. The Morgan fingerprint density at radius 3 is 2.18 bits per heavy atom. The number of aliphatic carboxylic acids is 2. The Labute approximate surface area is 94.8 Å². The van der Waals surface area contributed by atoms with Crippen molar-refractivity contribution in [2.24, 2.45) is 0 Å². The van der Waals surface area contributed by atoms with Crippen molar-refractivity contribution >= 4 is 18.0 Å². The van der Waals surface area contributed by atoms with Crippen LogP contribution in [-0.2, 0) is 9.59 Å². The second-order valence-corrected chi connectivity index (χ2v) is 3.07. The Morgan fingerprint density at radius 2 is 1.76 bits per heavy atom. The highest BCUT2D eigenvalue weighted by Gasteiger charge is 2.21. The van der Waals surface area contributed by atoms with Crippen LogP contribution in [0.4, 0.5) is 13.6 Å². The van der Waals surface area contributed by atoms with E-state index < -0.39 is 43.4 Å². The number of urea groups is 1. The van der Waals surface area contributed by atoms with Gasteiger partial charge in [-0.05, 0) is 6.42 Å². The van der Waals surface area contributed by atoms with Crippen LogP contribution in [0.5, 0.6) is 0 Å². The molecule has 0 aromatic rings. The van der Waals surface area contributed by atoms with E-state index in [1.807, 2.05) is 5.32 Å². The summed E-state index contributed by atoms with van der Waals surface area (Å²) in [6.45, 7) is -0.906. The Kier molecular flexibility index (Phi) is 6.53. The fraction of sp³-hybridized carbons (Fsp3) is 0.625. The molecule has 0 heterocycles. The molecule has 0 bridgehead atoms. The van der Waals surface area contributed by atoms with Crippen molar-refractivity contribution in [3.05, 3.63) is 0 Å². The van der Waals surface area contributed by atoms with Crippen molar-refractivity contribution < 1.29 is 33.4 Å². The Bertz CT molecular complexity index is 298. The molecule has 17 heavy (non-hydrogen) atoms. The van der Waals surface area contributed by atoms with Crippen molar-refractivity contribution in [2.75, 3.05) is 6.54 Å². The van der Waals surface area contributed by atoms with E-state index in [-0.39, 0.29) is 6.42 Å². The smallest absolute Gasteiger partial charge is 0.326 e. The van der Waals surface area contributed by atoms with Gasteiger partial charge in [-0.2, -0.15) is 0 Å². The molecule has 7 nitrogen and oxygen atoms in total. The fourth-order valence-electron chi connectivity index (χ4n) is 0.904. The molecule has 0 saturated heterocycles. The zero-order valence-corrected chi connectivity index (χ0v) is 8.65. The summed E-state index contributed by atoms with van der Waals surface area (Å²) in [4.78, 5) is 31.7. The van der Waals surface area contributed by atoms with E-state index in [0.29, 0.717) is 0 Å². The van der Waals surface area contributed by atoms with E-state index >= 15 is 0 Å². The van der Waals surface area contributed by atoms with Crippen LogP contribution < -0.4 is 10.6 Å². The number of rotatable bonds is 7. The van der Waals surface area contributed by atoms with E-state index in [0.717, 1.165) is 0 Å². The van der Waals surface area contributed by atoms with Gasteiger partial charge in [-0.1, -0.05) is 0 Å². The third kappa shape index (κ3) is 7.94. The molecule has 9 heteroatoms. The minimum Gasteiger partial charge on any atom is -0.481 e. The van der Waals surface area contributed by atoms with Crippen molar-refractivity contribution in [3.63, 3.8) is 0 Å². The van der Waals surface area contributed by atoms with E-state index in [1.54, 1.807) is 5.32 Å². The first-order valence-electron chi connectivity index (χ1n) is 4.60. The largest absolute Gasteiger partial charge is 0.481 e. The second-order valence-electron chi connectivity index (χ2n) is 3.07. The first-order chi connectivity index (χ1) is 7.82. The van der Waals surface area contributed by atoms with Crippen molar-refractivity contribution in [1.82, 2.24) is 10.6 Å². The lowest BCUT2D eigenvalue weighted by atomic mass is 10.1. The first-order valence-corrected chi connectivity index (χ1v) is 4.60. The Balaban J connectivity index is 4.11. The van der Waals surface area contributed by atoms with E-state index in [1.165, 1.54) is 0 Å². The van der Waals surface area contributed by atoms with Gasteiger partial charge in [-0.15, -0.1) is 0 Å². The molecule has 0 aromatic carbocycles. The van der Waals surface area contributed by atoms with Crippen LogP contribution in [0.3, 0.4) is 0 Å². The lowest BCUT2D eigenvalue weighted by molar-refractivity contribution is -0.140. The summed E-state index contributed by atoms with van der Waals surface area (Å²) in [7, 11) is 0. The molecule has 0 aliphatic carbocycles. The number of carbonyl (C=O) groups is 3. The molecule has 2 amide bonds. The zero-order chi connectivity index (χ0) is 13.4. The Hall–Kier alpha value is -1.93. The van der Waals surface area contributed by atoms with Crippen LogP contribution >= 0.6 is 0 Å². The standard InChI is InChI=1S/C8H12F2N2O5/c9-5(10)3-11-8(17)12-4(7(15)16)1-2-6(13)14/h4-5H,1-3H2,(H,13,14)(H,15,16)(H2,11,12,17)/t4-/m0/s1. The number of carbonyl (C=O) groups excluding carboxylic acids is 1. The molecule has 1 atom stereocenters. The molecule has 0 unspecified atom stereocenters. The second kappa shape index (κ2) is 7.36. The van der Waals surface area contributed by atoms with Crippen LogP contribution in [-0.4, -0.2) is 47.2 Å². The number of carboxylic acids is 2. The van der Waals surface area contributed by atoms with Gasteiger partial charge in [0.2, 0.25) is 0 Å². The monoisotopic (exact) mass is 254 g/mol. The quantitative estimate of drug-likeness (QED) is 0.505. The molecule has 0 saturated carbocycles. The molecule has 4 N–H and O–H groups in total. The third-order valence-electron chi connectivity index (χ3n) is 1.67. The lowest BCUT2D eigenvalue weighted by Gasteiger charge is -2.13. The number of nitrogens with one attached hydrogen (secondary N) is 2. The topological polar surface area (TPSA) is 116 Å². The van der Waals surface area contributed by atoms with Crippen LogP contribution in [0.25, 0.3) is 0 Å². The minimum absolute atomic E-state index is 0.327. The van der Waals surface area contributed by atoms with Crippen LogP contribution in [0, 0.1) is 0 Å². The maximum atomic E-state index is 11.7. The summed E-state index contributed by atoms with van der Waals surface area (Å²) in [6.07, 6.45) is -3.53. The molecule has 0 aliphatic rings. The van der Waals surface area contributed by atoms with Gasteiger partial charge in [0.1, 0.15) is 6.04 Å². The van der Waals surface area contributed by atoms with Crippen LogP contribution in [0.2, 0.25) is 0 Å². The summed E-state index contributed by atoms with van der Waals surface area (Å²) >= 11 is 0. The number of carboxylic acid groups (broad SMARTS) is 2. The SMILES string of the molecule is O=C(O)CC[C@H](NC(=O)NCC(F)F)C(=O)O. The maximum absolute atomic E-state index is 11.7. The highest BCUT2D eigenvalue weighted by atomic mass is 19.3.